The molecule has 2 aromatic heterocycles. The summed E-state index contributed by atoms with van der Waals surface area (Å²) in [5, 5.41) is 6.84. The van der Waals surface area contributed by atoms with Crippen molar-refractivity contribution >= 4 is 40.0 Å². The number of carbonyl (C=O) groups is 2. The number of hydrogen-bond acceptors (Lipinski definition) is 8. The van der Waals surface area contributed by atoms with E-state index in [1.165, 1.54) is 29.1 Å². The van der Waals surface area contributed by atoms with Gasteiger partial charge in [0, 0.05) is 18.0 Å². The Bertz CT molecular complexity index is 1160. The first-order valence-corrected chi connectivity index (χ1v) is 11.5. The molecule has 0 unspecified atom stereocenters. The second kappa shape index (κ2) is 9.98. The number of rotatable bonds is 8. The molecule has 0 spiro atoms. The van der Waals surface area contributed by atoms with Gasteiger partial charge in [-0.15, -0.1) is 16.4 Å². The molecule has 0 aromatic carbocycles. The Kier molecular flexibility index (Phi) is 7.03. The summed E-state index contributed by atoms with van der Waals surface area (Å²) in [6, 6.07) is 3.57. The molecule has 2 aliphatic carbocycles. The van der Waals surface area contributed by atoms with Crippen molar-refractivity contribution in [3.8, 4) is 5.88 Å². The summed E-state index contributed by atoms with van der Waals surface area (Å²) in [5.41, 5.74) is 1.02. The van der Waals surface area contributed by atoms with Crippen LogP contribution in [-0.4, -0.2) is 53.1 Å². The molecule has 3 atom stereocenters. The van der Waals surface area contributed by atoms with E-state index in [0.29, 0.717) is 24.3 Å². The third kappa shape index (κ3) is 5.31. The van der Waals surface area contributed by atoms with E-state index in [1.807, 2.05) is 0 Å². The Morgan fingerprint density at radius 2 is 2.21 bits per heavy atom. The summed E-state index contributed by atoms with van der Waals surface area (Å²) in [7, 11) is 1.52. The maximum Gasteiger partial charge on any atom is 0.388 e. The highest BCUT2D eigenvalue weighted by molar-refractivity contribution is 7.17. The second-order valence-corrected chi connectivity index (χ2v) is 8.96. The van der Waals surface area contributed by atoms with E-state index >= 15 is 0 Å². The minimum absolute atomic E-state index is 0.169. The minimum Gasteiger partial charge on any atom is -0.462 e. The Morgan fingerprint density at radius 1 is 1.44 bits per heavy atom. The molecule has 2 aliphatic rings. The number of hydrogen-bond donors (Lipinski definition) is 1. The molecule has 0 radical (unpaired) electrons. The van der Waals surface area contributed by atoms with Crippen LogP contribution in [0.15, 0.2) is 16.1 Å². The van der Waals surface area contributed by atoms with Crippen molar-refractivity contribution in [3.63, 3.8) is 0 Å². The van der Waals surface area contributed by atoms with Gasteiger partial charge in [0.05, 0.1) is 30.1 Å². The molecule has 9 nitrogen and oxygen atoms in total. The summed E-state index contributed by atoms with van der Waals surface area (Å²) >= 11 is 1.30. The normalized spacial score (nSPS) is 20.8. The maximum atomic E-state index is 13.3. The molecule has 4 rings (SSSR count). The summed E-state index contributed by atoms with van der Waals surface area (Å²) < 4.78 is 48.7. The van der Waals surface area contributed by atoms with Crippen molar-refractivity contribution in [2.75, 3.05) is 11.9 Å². The number of halogens is 3. The van der Waals surface area contributed by atoms with E-state index in [4.69, 9.17) is 4.74 Å². The Labute approximate surface area is 196 Å². The Hall–Kier alpha value is -3.18. The molecule has 2 aromatic rings. The van der Waals surface area contributed by atoms with E-state index in [0.717, 1.165) is 10.4 Å². The van der Waals surface area contributed by atoms with Crippen molar-refractivity contribution in [1.82, 2.24) is 9.78 Å². The van der Waals surface area contributed by atoms with Crippen molar-refractivity contribution in [3.05, 3.63) is 22.1 Å². The molecule has 1 N–H and O–H groups in total. The van der Waals surface area contributed by atoms with E-state index in [1.54, 1.807) is 6.92 Å². The molecule has 1 saturated carbocycles. The number of esters is 1. The van der Waals surface area contributed by atoms with Gasteiger partial charge in [-0.2, -0.15) is 13.8 Å². The number of carbonyl (C=O) groups excluding carboxylic acids is 2. The van der Waals surface area contributed by atoms with E-state index < -0.39 is 30.6 Å². The molecule has 34 heavy (non-hydrogen) atoms. The average molecular weight is 497 g/mol. The number of fused-ring (bicyclic) bond motifs is 1. The monoisotopic (exact) mass is 497 g/mol. The van der Waals surface area contributed by atoms with Crippen LogP contribution in [0.3, 0.4) is 0 Å². The van der Waals surface area contributed by atoms with Crippen LogP contribution in [0.5, 0.6) is 5.88 Å². The van der Waals surface area contributed by atoms with Crippen molar-refractivity contribution < 1.29 is 32.2 Å². The standard InChI is InChI=1S/C21H22F3N5O4S/c1-3-32-20(31)17-12-6-10(25-9-26-15-8-16(28-29(15)2)33-21(23)24)4-5-14(12)34-19(17)27-18(30)11-7-13(11)22/h8,10-11,13,21H,3-7H2,1-2H3,(H,27,30)/t10-,11-,13-/m0/s1. The minimum atomic E-state index is -2.99. The van der Waals surface area contributed by atoms with Crippen LogP contribution in [0.25, 0.3) is 0 Å². The van der Waals surface area contributed by atoms with Crippen molar-refractivity contribution in [2.24, 2.45) is 23.0 Å². The molecule has 0 saturated heterocycles. The lowest BCUT2D eigenvalue weighted by Crippen LogP contribution is -2.20. The summed E-state index contributed by atoms with van der Waals surface area (Å²) in [6.07, 6.45) is 0.723. The topological polar surface area (TPSA) is 107 Å². The highest BCUT2D eigenvalue weighted by atomic mass is 32.1. The van der Waals surface area contributed by atoms with Gasteiger partial charge in [-0.05, 0) is 38.2 Å². The van der Waals surface area contributed by atoms with Gasteiger partial charge in [0.2, 0.25) is 11.8 Å². The van der Waals surface area contributed by atoms with Crippen molar-refractivity contribution in [2.45, 2.75) is 51.4 Å². The number of thiophene rings is 1. The van der Waals surface area contributed by atoms with Crippen molar-refractivity contribution in [1.29, 1.82) is 0 Å². The molecule has 13 heteroatoms. The number of anilines is 1. The summed E-state index contributed by atoms with van der Waals surface area (Å²) in [6.45, 7) is -1.14. The van der Waals surface area contributed by atoms with Gasteiger partial charge >= 0.3 is 12.6 Å². The van der Waals surface area contributed by atoms with Gasteiger partial charge in [-0.25, -0.2) is 18.9 Å². The molecule has 0 bridgehead atoms. The van der Waals surface area contributed by atoms with E-state index in [-0.39, 0.29) is 36.3 Å². The van der Waals surface area contributed by atoms with Gasteiger partial charge in [-0.1, -0.05) is 0 Å². The SMILES string of the molecule is CCOC(=O)c1c(NC(=O)[C@H]2C[C@@H]2F)sc2c1C[C@@H](N=C=Nc1cc(OC(F)F)nn1C)CC2. The van der Waals surface area contributed by atoms with Gasteiger partial charge in [0.25, 0.3) is 0 Å². The molecular weight excluding hydrogens is 475 g/mol. The fraction of sp³-hybridized carbons (Fsp3) is 0.524. The quantitative estimate of drug-likeness (QED) is 0.440. The maximum absolute atomic E-state index is 13.3. The molecule has 1 amide bonds. The smallest absolute Gasteiger partial charge is 0.388 e. The van der Waals surface area contributed by atoms with Gasteiger partial charge in [-0.3, -0.25) is 4.79 Å². The average Bonchev–Trinajstić information content (AvgIpc) is 3.25. The number of nitrogens with zero attached hydrogens (tertiary/aromatic N) is 4. The number of amides is 1. The zero-order valence-corrected chi connectivity index (χ0v) is 19.2. The summed E-state index contributed by atoms with van der Waals surface area (Å²) in [4.78, 5) is 34.2. The van der Waals surface area contributed by atoms with Crippen LogP contribution in [0.2, 0.25) is 0 Å². The van der Waals surface area contributed by atoms with Gasteiger partial charge < -0.3 is 14.8 Å². The predicted molar refractivity (Wildman–Crippen MR) is 117 cm³/mol. The highest BCUT2D eigenvalue weighted by Crippen LogP contribution is 2.41. The molecule has 1 fully saturated rings. The van der Waals surface area contributed by atoms with Crippen LogP contribution >= 0.6 is 11.3 Å². The number of aryl methyl sites for hydroxylation is 2. The predicted octanol–water partition coefficient (Wildman–Crippen LogP) is 3.92. The first-order valence-electron chi connectivity index (χ1n) is 10.7. The van der Waals surface area contributed by atoms with Crippen LogP contribution in [-0.2, 0) is 29.4 Å². The number of aliphatic imine (C=N–C) groups is 2. The van der Waals surface area contributed by atoms with E-state index in [9.17, 15) is 22.8 Å². The number of nitrogens with one attached hydrogen (secondary N) is 1. The molecule has 182 valence electrons. The van der Waals surface area contributed by atoms with Crippen LogP contribution in [0.4, 0.5) is 24.0 Å². The Morgan fingerprint density at radius 3 is 2.88 bits per heavy atom. The number of alkyl halides is 3. The first kappa shape index (κ1) is 24.0. The van der Waals surface area contributed by atoms with Gasteiger partial charge in [0.1, 0.15) is 11.2 Å². The third-order valence-corrected chi connectivity index (χ3v) is 6.66. The van der Waals surface area contributed by atoms with Gasteiger partial charge in [0.15, 0.2) is 5.82 Å². The highest BCUT2D eigenvalue weighted by Gasteiger charge is 2.44. The molecular formula is C21H22F3N5O4S. The first-order chi connectivity index (χ1) is 16.3. The largest absolute Gasteiger partial charge is 0.462 e. The van der Waals surface area contributed by atoms with Crippen LogP contribution in [0.1, 0.15) is 40.6 Å². The third-order valence-electron chi connectivity index (χ3n) is 5.45. The lowest BCUT2D eigenvalue weighted by atomic mass is 9.92. The summed E-state index contributed by atoms with van der Waals surface area (Å²) in [5.74, 6) is -1.71. The lowest BCUT2D eigenvalue weighted by Gasteiger charge is -2.18. The van der Waals surface area contributed by atoms with Crippen LogP contribution < -0.4 is 10.1 Å². The Balaban J connectivity index is 1.52. The second-order valence-electron chi connectivity index (χ2n) is 7.86. The zero-order chi connectivity index (χ0) is 24.4. The zero-order valence-electron chi connectivity index (χ0n) is 18.4. The fourth-order valence-corrected chi connectivity index (χ4v) is 4.90. The number of ether oxygens (including phenoxy) is 2. The fourth-order valence-electron chi connectivity index (χ4n) is 3.67. The van der Waals surface area contributed by atoms with E-state index in [2.05, 4.69) is 31.1 Å². The molecule has 2 heterocycles. The van der Waals surface area contributed by atoms with Crippen LogP contribution in [0, 0.1) is 5.92 Å². The molecule has 0 aliphatic heterocycles. The lowest BCUT2D eigenvalue weighted by molar-refractivity contribution is -0.117. The number of aromatic nitrogens is 2.